The second-order valence-electron chi connectivity index (χ2n) is 5.27. The van der Waals surface area contributed by atoms with E-state index in [1.54, 1.807) is 7.05 Å². The van der Waals surface area contributed by atoms with Crippen molar-refractivity contribution in [3.05, 3.63) is 0 Å². The lowest BCUT2D eigenvalue weighted by atomic mass is 10.0. The number of hydrogen-bond acceptors (Lipinski definition) is 3. The lowest BCUT2D eigenvalue weighted by Gasteiger charge is -2.28. The summed E-state index contributed by atoms with van der Waals surface area (Å²) in [6.07, 6.45) is 2.61. The topological polar surface area (TPSA) is 61.4 Å². The minimum Gasteiger partial charge on any atom is -0.317 e. The van der Waals surface area contributed by atoms with E-state index in [4.69, 9.17) is 0 Å². The molecule has 0 saturated carbocycles. The van der Waals surface area contributed by atoms with Gasteiger partial charge in [-0.3, -0.25) is 0 Å². The summed E-state index contributed by atoms with van der Waals surface area (Å²) in [6.45, 7) is 10.2. The van der Waals surface area contributed by atoms with Gasteiger partial charge in [-0.1, -0.05) is 20.3 Å². The first kappa shape index (κ1) is 17.8. The Morgan fingerprint density at radius 1 is 1.22 bits per heavy atom. The molecule has 0 spiro atoms. The SMILES string of the molecule is CCCC(C)(C)NS(=O)(=O)N(C)CCCNCC. The van der Waals surface area contributed by atoms with Gasteiger partial charge in [0.15, 0.2) is 0 Å². The van der Waals surface area contributed by atoms with Crippen molar-refractivity contribution in [2.24, 2.45) is 0 Å². The van der Waals surface area contributed by atoms with Crippen molar-refractivity contribution in [3.8, 4) is 0 Å². The van der Waals surface area contributed by atoms with Crippen LogP contribution in [0.1, 0.15) is 47.0 Å². The third kappa shape index (κ3) is 7.31. The van der Waals surface area contributed by atoms with E-state index in [0.29, 0.717) is 6.54 Å². The van der Waals surface area contributed by atoms with Crippen molar-refractivity contribution >= 4 is 10.2 Å². The van der Waals surface area contributed by atoms with E-state index in [2.05, 4.69) is 17.0 Å². The van der Waals surface area contributed by atoms with Crippen LogP contribution in [0.15, 0.2) is 0 Å². The Hall–Kier alpha value is -0.170. The Bertz CT molecular complexity index is 315. The predicted molar refractivity (Wildman–Crippen MR) is 76.8 cm³/mol. The summed E-state index contributed by atoms with van der Waals surface area (Å²) < 4.78 is 28.3. The van der Waals surface area contributed by atoms with Crippen molar-refractivity contribution < 1.29 is 8.42 Å². The average Bonchev–Trinajstić information content (AvgIpc) is 2.22. The summed E-state index contributed by atoms with van der Waals surface area (Å²) in [6, 6.07) is 0. The number of nitrogens with one attached hydrogen (secondary N) is 2. The zero-order valence-corrected chi connectivity index (χ0v) is 13.2. The predicted octanol–water partition coefficient (Wildman–Crippen LogP) is 1.33. The van der Waals surface area contributed by atoms with Gasteiger partial charge in [-0.2, -0.15) is 17.4 Å². The van der Waals surface area contributed by atoms with Crippen LogP contribution < -0.4 is 10.0 Å². The fraction of sp³-hybridized carbons (Fsp3) is 1.00. The highest BCUT2D eigenvalue weighted by atomic mass is 32.2. The molecule has 0 aliphatic carbocycles. The van der Waals surface area contributed by atoms with Crippen LogP contribution in [0.4, 0.5) is 0 Å². The summed E-state index contributed by atoms with van der Waals surface area (Å²) in [5.41, 5.74) is -0.385. The molecular weight excluding hydrogens is 250 g/mol. The highest BCUT2D eigenvalue weighted by molar-refractivity contribution is 7.87. The smallest absolute Gasteiger partial charge is 0.279 e. The normalized spacial score (nSPS) is 13.2. The standard InChI is InChI=1S/C12H29N3O2S/c1-6-9-12(3,4)14-18(16,17)15(5)11-8-10-13-7-2/h13-14H,6-11H2,1-5H3. The molecule has 0 atom stereocenters. The molecule has 0 rings (SSSR count). The molecule has 0 aromatic rings. The highest BCUT2D eigenvalue weighted by Gasteiger charge is 2.26. The second-order valence-corrected chi connectivity index (χ2v) is 7.05. The molecule has 0 aromatic carbocycles. The van der Waals surface area contributed by atoms with Crippen LogP contribution in [-0.2, 0) is 10.2 Å². The number of nitrogens with zero attached hydrogens (tertiary/aromatic N) is 1. The minimum absolute atomic E-state index is 0.385. The maximum atomic E-state index is 12.1. The van der Waals surface area contributed by atoms with Crippen LogP contribution >= 0.6 is 0 Å². The van der Waals surface area contributed by atoms with Gasteiger partial charge >= 0.3 is 0 Å². The van der Waals surface area contributed by atoms with Crippen LogP contribution in [0, 0.1) is 0 Å². The van der Waals surface area contributed by atoms with Crippen molar-refractivity contribution in [2.75, 3.05) is 26.7 Å². The van der Waals surface area contributed by atoms with Crippen LogP contribution in [0.5, 0.6) is 0 Å². The van der Waals surface area contributed by atoms with Crippen LogP contribution in [0.2, 0.25) is 0 Å². The first-order valence-electron chi connectivity index (χ1n) is 6.71. The Labute approximate surface area is 113 Å². The molecule has 0 radical (unpaired) electrons. The summed E-state index contributed by atoms with van der Waals surface area (Å²) in [5.74, 6) is 0. The molecule has 0 aromatic heterocycles. The minimum atomic E-state index is -3.37. The fourth-order valence-corrected chi connectivity index (χ4v) is 3.15. The van der Waals surface area contributed by atoms with E-state index in [-0.39, 0.29) is 5.54 Å². The molecule has 6 heteroatoms. The summed E-state index contributed by atoms with van der Waals surface area (Å²) >= 11 is 0. The second kappa shape index (κ2) is 8.09. The molecule has 2 N–H and O–H groups in total. The van der Waals surface area contributed by atoms with Gasteiger partial charge in [0, 0.05) is 19.1 Å². The molecule has 18 heavy (non-hydrogen) atoms. The molecule has 0 aliphatic heterocycles. The maximum absolute atomic E-state index is 12.1. The van der Waals surface area contributed by atoms with Crippen LogP contribution in [0.3, 0.4) is 0 Å². The molecular formula is C12H29N3O2S. The maximum Gasteiger partial charge on any atom is 0.279 e. The van der Waals surface area contributed by atoms with E-state index < -0.39 is 10.2 Å². The zero-order valence-electron chi connectivity index (χ0n) is 12.4. The molecule has 0 saturated heterocycles. The Kier molecular flexibility index (Phi) is 8.02. The van der Waals surface area contributed by atoms with Gasteiger partial charge in [-0.15, -0.1) is 0 Å². The third-order valence-electron chi connectivity index (χ3n) is 2.77. The average molecular weight is 279 g/mol. The first-order chi connectivity index (χ1) is 8.25. The Morgan fingerprint density at radius 2 is 1.83 bits per heavy atom. The molecule has 0 aliphatic rings. The van der Waals surface area contributed by atoms with Crippen molar-refractivity contribution in [1.29, 1.82) is 0 Å². The van der Waals surface area contributed by atoms with Gasteiger partial charge in [0.05, 0.1) is 0 Å². The van der Waals surface area contributed by atoms with E-state index in [1.807, 2.05) is 20.8 Å². The van der Waals surface area contributed by atoms with Crippen molar-refractivity contribution in [1.82, 2.24) is 14.3 Å². The monoisotopic (exact) mass is 279 g/mol. The van der Waals surface area contributed by atoms with Gasteiger partial charge < -0.3 is 5.32 Å². The molecule has 0 unspecified atom stereocenters. The summed E-state index contributed by atoms with van der Waals surface area (Å²) in [5, 5.41) is 3.18. The summed E-state index contributed by atoms with van der Waals surface area (Å²) in [4.78, 5) is 0. The first-order valence-corrected chi connectivity index (χ1v) is 8.15. The molecule has 5 nitrogen and oxygen atoms in total. The van der Waals surface area contributed by atoms with E-state index in [0.717, 1.165) is 32.4 Å². The van der Waals surface area contributed by atoms with Gasteiger partial charge in [0.2, 0.25) is 0 Å². The number of rotatable bonds is 10. The van der Waals surface area contributed by atoms with Gasteiger partial charge in [0.1, 0.15) is 0 Å². The van der Waals surface area contributed by atoms with Gasteiger partial charge in [-0.25, -0.2) is 0 Å². The van der Waals surface area contributed by atoms with Crippen LogP contribution in [-0.4, -0.2) is 44.9 Å². The molecule has 0 amide bonds. The van der Waals surface area contributed by atoms with Gasteiger partial charge in [0.25, 0.3) is 10.2 Å². The summed E-state index contributed by atoms with van der Waals surface area (Å²) in [7, 11) is -1.75. The fourth-order valence-electron chi connectivity index (χ4n) is 1.83. The third-order valence-corrected chi connectivity index (χ3v) is 4.58. The molecule has 0 bridgehead atoms. The van der Waals surface area contributed by atoms with E-state index in [1.165, 1.54) is 4.31 Å². The van der Waals surface area contributed by atoms with E-state index >= 15 is 0 Å². The zero-order chi connectivity index (χ0) is 14.2. The van der Waals surface area contributed by atoms with E-state index in [9.17, 15) is 8.42 Å². The Balaban J connectivity index is 4.27. The van der Waals surface area contributed by atoms with Crippen LogP contribution in [0.25, 0.3) is 0 Å². The molecule has 0 heterocycles. The molecule has 110 valence electrons. The largest absolute Gasteiger partial charge is 0.317 e. The quantitative estimate of drug-likeness (QED) is 0.593. The lowest BCUT2D eigenvalue weighted by molar-refractivity contribution is 0.384. The van der Waals surface area contributed by atoms with Crippen molar-refractivity contribution in [2.45, 2.75) is 52.5 Å². The van der Waals surface area contributed by atoms with Gasteiger partial charge in [-0.05, 0) is 39.8 Å². The van der Waals surface area contributed by atoms with Crippen molar-refractivity contribution in [3.63, 3.8) is 0 Å². The molecule has 0 fully saturated rings. The Morgan fingerprint density at radius 3 is 2.33 bits per heavy atom. The highest BCUT2D eigenvalue weighted by Crippen LogP contribution is 2.13. The number of hydrogen-bond donors (Lipinski definition) is 2. The lowest BCUT2D eigenvalue weighted by Crippen LogP contribution is -2.49.